The summed E-state index contributed by atoms with van der Waals surface area (Å²) in [5.74, 6) is -3.65. The van der Waals surface area contributed by atoms with Crippen LogP contribution in [0.15, 0.2) is 30.9 Å². The van der Waals surface area contributed by atoms with E-state index in [-0.39, 0.29) is 13.1 Å². The van der Waals surface area contributed by atoms with E-state index in [0.717, 1.165) is 6.26 Å². The summed E-state index contributed by atoms with van der Waals surface area (Å²) >= 11 is 12.4. The molecule has 1 fully saturated rings. The van der Waals surface area contributed by atoms with E-state index in [1.54, 1.807) is 36.1 Å². The third-order valence-electron chi connectivity index (χ3n) is 4.13. The first-order valence-corrected chi connectivity index (χ1v) is 10.8. The highest BCUT2D eigenvalue weighted by Crippen LogP contribution is 2.41. The second kappa shape index (κ2) is 9.27. The highest BCUT2D eigenvalue weighted by molar-refractivity contribution is 7.88. The number of carboxylic acids is 2. The summed E-state index contributed by atoms with van der Waals surface area (Å²) in [6.45, 7) is 2.08. The van der Waals surface area contributed by atoms with Crippen LogP contribution in [0, 0.1) is 0 Å². The van der Waals surface area contributed by atoms with Crippen molar-refractivity contribution in [3.63, 3.8) is 0 Å². The summed E-state index contributed by atoms with van der Waals surface area (Å²) in [4.78, 5) is 22.1. The molecule has 0 aliphatic carbocycles. The molecule has 1 aromatic carbocycles. The summed E-state index contributed by atoms with van der Waals surface area (Å²) < 4.78 is 33.1. The number of carbonyl (C=O) groups is 2. The molecule has 11 nitrogen and oxygen atoms in total. The van der Waals surface area contributed by atoms with E-state index >= 15 is 0 Å². The molecule has 0 saturated carbocycles. The van der Waals surface area contributed by atoms with Crippen LogP contribution < -0.4 is 0 Å². The number of sulfonamides is 1. The molecule has 0 bridgehead atoms. The third kappa shape index (κ3) is 5.67. The molecule has 1 aromatic heterocycles. The van der Waals surface area contributed by atoms with Crippen LogP contribution in [0.3, 0.4) is 0 Å². The van der Waals surface area contributed by atoms with Gasteiger partial charge in [0.25, 0.3) is 0 Å². The van der Waals surface area contributed by atoms with Gasteiger partial charge in [-0.25, -0.2) is 27.7 Å². The average Bonchev–Trinajstić information content (AvgIpc) is 3.23. The van der Waals surface area contributed by atoms with Gasteiger partial charge in [-0.1, -0.05) is 29.3 Å². The molecular weight excluding hydrogens is 463 g/mol. The van der Waals surface area contributed by atoms with E-state index < -0.39 is 33.8 Å². The van der Waals surface area contributed by atoms with E-state index in [9.17, 15) is 8.42 Å². The molecule has 30 heavy (non-hydrogen) atoms. The number of halogens is 2. The first kappa shape index (κ1) is 24.0. The molecule has 2 heterocycles. The van der Waals surface area contributed by atoms with Crippen molar-refractivity contribution >= 4 is 45.2 Å². The summed E-state index contributed by atoms with van der Waals surface area (Å²) in [5, 5.41) is 19.8. The number of carboxylic acid groups (broad SMARTS) is 2. The largest absolute Gasteiger partial charge is 0.473 e. The zero-order valence-electron chi connectivity index (χ0n) is 15.8. The minimum absolute atomic E-state index is 0.119. The summed E-state index contributed by atoms with van der Waals surface area (Å²) in [5.41, 5.74) is -0.334. The van der Waals surface area contributed by atoms with E-state index in [2.05, 4.69) is 10.1 Å². The molecule has 0 spiro atoms. The number of nitrogens with zero attached hydrogens (tertiary/aromatic N) is 4. The molecule has 1 aliphatic heterocycles. The summed E-state index contributed by atoms with van der Waals surface area (Å²) in [6.07, 6.45) is 3.48. The molecule has 0 amide bonds. The van der Waals surface area contributed by atoms with Gasteiger partial charge in [0.05, 0.1) is 19.3 Å². The molecule has 1 aliphatic rings. The molecule has 2 atom stereocenters. The second-order valence-electron chi connectivity index (χ2n) is 6.35. The van der Waals surface area contributed by atoms with E-state index in [1.807, 2.05) is 0 Å². The van der Waals surface area contributed by atoms with Crippen molar-refractivity contribution < 1.29 is 33.0 Å². The van der Waals surface area contributed by atoms with Gasteiger partial charge in [0.15, 0.2) is 0 Å². The Hall–Kier alpha value is -2.25. The number of benzene rings is 1. The van der Waals surface area contributed by atoms with Crippen LogP contribution in [0.5, 0.6) is 0 Å². The Labute approximate surface area is 181 Å². The molecular formula is C16H18Cl2N4O7S. The quantitative estimate of drug-likeness (QED) is 0.615. The smallest absolute Gasteiger partial charge is 0.414 e. The van der Waals surface area contributed by atoms with E-state index in [4.69, 9.17) is 47.7 Å². The number of ether oxygens (including phenoxy) is 1. The Kier molecular flexibility index (Phi) is 7.42. The van der Waals surface area contributed by atoms with Crippen LogP contribution >= 0.6 is 23.2 Å². The number of rotatable bonds is 4. The number of hydrogen-bond donors (Lipinski definition) is 2. The Balaban J connectivity index is 0.000000469. The van der Waals surface area contributed by atoms with Gasteiger partial charge in [-0.05, 0) is 19.1 Å². The zero-order valence-corrected chi connectivity index (χ0v) is 18.1. The highest BCUT2D eigenvalue weighted by Gasteiger charge is 2.49. The molecule has 14 heteroatoms. The van der Waals surface area contributed by atoms with Gasteiger partial charge in [-0.15, -0.1) is 0 Å². The maximum Gasteiger partial charge on any atom is 0.414 e. The van der Waals surface area contributed by atoms with Gasteiger partial charge >= 0.3 is 11.9 Å². The number of hydrogen-bond acceptors (Lipinski definition) is 7. The lowest BCUT2D eigenvalue weighted by atomic mass is 9.94. The van der Waals surface area contributed by atoms with Crippen molar-refractivity contribution in [1.29, 1.82) is 0 Å². The van der Waals surface area contributed by atoms with Gasteiger partial charge in [-0.3, -0.25) is 0 Å². The van der Waals surface area contributed by atoms with Gasteiger partial charge in [0.1, 0.15) is 24.5 Å². The molecule has 2 unspecified atom stereocenters. The minimum atomic E-state index is -3.44. The number of aliphatic carboxylic acids is 2. The fraction of sp³-hybridized carbons (Fsp3) is 0.375. The van der Waals surface area contributed by atoms with Crippen LogP contribution in [-0.4, -0.2) is 68.7 Å². The topological polar surface area (TPSA) is 152 Å². The maximum absolute atomic E-state index is 12.1. The average molecular weight is 481 g/mol. The molecule has 2 aromatic rings. The van der Waals surface area contributed by atoms with Gasteiger partial charge in [0, 0.05) is 15.6 Å². The fourth-order valence-corrected chi connectivity index (χ4v) is 4.55. The van der Waals surface area contributed by atoms with Crippen molar-refractivity contribution in [3.8, 4) is 0 Å². The van der Waals surface area contributed by atoms with Crippen molar-refractivity contribution in [2.75, 3.05) is 12.8 Å². The summed E-state index contributed by atoms with van der Waals surface area (Å²) in [7, 11) is -3.44. The Morgan fingerprint density at radius 3 is 2.37 bits per heavy atom. The van der Waals surface area contributed by atoms with E-state index in [0.29, 0.717) is 15.6 Å². The van der Waals surface area contributed by atoms with E-state index in [1.165, 1.54) is 10.6 Å². The Morgan fingerprint density at radius 2 is 1.93 bits per heavy atom. The van der Waals surface area contributed by atoms with Crippen LogP contribution in [0.2, 0.25) is 10.0 Å². The van der Waals surface area contributed by atoms with Gasteiger partial charge < -0.3 is 14.9 Å². The molecule has 164 valence electrons. The van der Waals surface area contributed by atoms with Gasteiger partial charge in [0.2, 0.25) is 10.0 Å². The Morgan fingerprint density at radius 1 is 1.30 bits per heavy atom. The normalized spacial score (nSPS) is 21.7. The standard InChI is InChI=1S/C14H16Cl2N4O3S.C2H2O4/c1-10-20(24(2,21)22)7-14(23-10,6-19-9-17-8-18-19)12-4-3-11(15)5-13(12)16;3-1(4)2(5)6/h3-5,8-10H,6-7H2,1-2H3;(H,3,4)(H,5,6). The monoisotopic (exact) mass is 480 g/mol. The van der Waals surface area contributed by atoms with Crippen LogP contribution in [0.25, 0.3) is 0 Å². The minimum Gasteiger partial charge on any atom is -0.473 e. The van der Waals surface area contributed by atoms with Crippen molar-refractivity contribution in [2.24, 2.45) is 0 Å². The van der Waals surface area contributed by atoms with Crippen LogP contribution in [-0.2, 0) is 36.5 Å². The Bertz CT molecular complexity index is 1020. The first-order chi connectivity index (χ1) is 13.9. The first-order valence-electron chi connectivity index (χ1n) is 8.24. The molecule has 3 rings (SSSR count). The number of aromatic nitrogens is 3. The van der Waals surface area contributed by atoms with Crippen molar-refractivity contribution in [3.05, 3.63) is 46.5 Å². The predicted molar refractivity (Wildman–Crippen MR) is 106 cm³/mol. The third-order valence-corrected chi connectivity index (χ3v) is 5.95. The van der Waals surface area contributed by atoms with Crippen molar-refractivity contribution in [1.82, 2.24) is 19.1 Å². The van der Waals surface area contributed by atoms with Gasteiger partial charge in [-0.2, -0.15) is 9.40 Å². The van der Waals surface area contributed by atoms with Crippen molar-refractivity contribution in [2.45, 2.75) is 25.3 Å². The second-order valence-corrected chi connectivity index (χ2v) is 9.13. The zero-order chi connectivity index (χ0) is 22.7. The molecule has 2 N–H and O–H groups in total. The molecule has 0 radical (unpaired) electrons. The predicted octanol–water partition coefficient (Wildman–Crippen LogP) is 1.27. The lowest BCUT2D eigenvalue weighted by Crippen LogP contribution is -2.38. The summed E-state index contributed by atoms with van der Waals surface area (Å²) in [6, 6.07) is 5.06. The molecule has 1 saturated heterocycles. The fourth-order valence-electron chi connectivity index (χ4n) is 2.95. The highest BCUT2D eigenvalue weighted by atomic mass is 35.5. The SMILES string of the molecule is CC1OC(Cn2cncn2)(c2ccc(Cl)cc2Cl)CN1S(C)(=O)=O.O=C(O)C(=O)O. The van der Waals surface area contributed by atoms with Crippen LogP contribution in [0.4, 0.5) is 0 Å². The van der Waals surface area contributed by atoms with Crippen LogP contribution in [0.1, 0.15) is 12.5 Å². The maximum atomic E-state index is 12.1. The lowest BCUT2D eigenvalue weighted by Gasteiger charge is -2.29. The lowest BCUT2D eigenvalue weighted by molar-refractivity contribution is -0.159.